The van der Waals surface area contributed by atoms with Crippen LogP contribution in [-0.4, -0.2) is 68.5 Å². The van der Waals surface area contributed by atoms with E-state index >= 15 is 0 Å². The number of methoxy groups -OCH3 is 1. The first-order valence-corrected chi connectivity index (χ1v) is 14.3. The van der Waals surface area contributed by atoms with Gasteiger partial charge in [-0.1, -0.05) is 43.2 Å². The standard InChI is InChI=1S/C31H43F3N2O4/c1-35(17-19-38-2)16-8-3-4-9-18-39-27-14-12-26(13-15-27)36(22-25-20-29(33)30(34)21-28(25)32)31(37)40-23-24-10-6-5-7-11-24/h5-7,10-11,20-21,26-27H,3-4,8-9,12-19,22-23H2,1-2H3. The minimum Gasteiger partial charge on any atom is -0.445 e. The van der Waals surface area contributed by atoms with Crippen molar-refractivity contribution in [2.45, 2.75) is 76.7 Å². The van der Waals surface area contributed by atoms with E-state index in [0.717, 1.165) is 69.9 Å². The van der Waals surface area contributed by atoms with Crippen molar-refractivity contribution >= 4 is 6.09 Å². The van der Waals surface area contributed by atoms with E-state index in [1.165, 1.54) is 4.90 Å². The van der Waals surface area contributed by atoms with E-state index in [9.17, 15) is 18.0 Å². The number of nitrogens with zero attached hydrogens (tertiary/aromatic N) is 2. The fourth-order valence-electron chi connectivity index (χ4n) is 4.98. The smallest absolute Gasteiger partial charge is 0.410 e. The largest absolute Gasteiger partial charge is 0.445 e. The highest BCUT2D eigenvalue weighted by atomic mass is 19.2. The Balaban J connectivity index is 1.46. The van der Waals surface area contributed by atoms with E-state index in [1.807, 2.05) is 30.3 Å². The van der Waals surface area contributed by atoms with Gasteiger partial charge in [0, 0.05) is 37.9 Å². The fourth-order valence-corrected chi connectivity index (χ4v) is 4.98. The molecule has 0 N–H and O–H groups in total. The monoisotopic (exact) mass is 564 g/mol. The van der Waals surface area contributed by atoms with E-state index in [2.05, 4.69) is 11.9 Å². The van der Waals surface area contributed by atoms with Gasteiger partial charge < -0.3 is 24.0 Å². The maximum absolute atomic E-state index is 14.5. The van der Waals surface area contributed by atoms with E-state index in [0.29, 0.717) is 25.5 Å². The second kappa shape index (κ2) is 17.3. The minimum absolute atomic E-state index is 0.0678. The predicted octanol–water partition coefficient (Wildman–Crippen LogP) is 6.71. The summed E-state index contributed by atoms with van der Waals surface area (Å²) in [5.41, 5.74) is 0.740. The molecule has 0 heterocycles. The predicted molar refractivity (Wildman–Crippen MR) is 148 cm³/mol. The first-order valence-electron chi connectivity index (χ1n) is 14.3. The molecule has 2 aromatic rings. The summed E-state index contributed by atoms with van der Waals surface area (Å²) in [6.07, 6.45) is 6.78. The zero-order valence-corrected chi connectivity index (χ0v) is 23.8. The van der Waals surface area contributed by atoms with Crippen molar-refractivity contribution in [1.29, 1.82) is 0 Å². The number of hydrogen-bond acceptors (Lipinski definition) is 5. The Morgan fingerprint density at radius 2 is 1.57 bits per heavy atom. The van der Waals surface area contributed by atoms with Gasteiger partial charge in [-0.25, -0.2) is 18.0 Å². The second-order valence-corrected chi connectivity index (χ2v) is 10.5. The zero-order valence-electron chi connectivity index (χ0n) is 23.8. The normalized spacial score (nSPS) is 17.2. The summed E-state index contributed by atoms with van der Waals surface area (Å²) in [6.45, 7) is 3.33. The van der Waals surface area contributed by atoms with Gasteiger partial charge in [0.05, 0.1) is 19.3 Å². The third-order valence-electron chi connectivity index (χ3n) is 7.42. The lowest BCUT2D eigenvalue weighted by atomic mass is 9.91. The van der Waals surface area contributed by atoms with Gasteiger partial charge in [-0.05, 0) is 63.7 Å². The van der Waals surface area contributed by atoms with E-state index in [1.54, 1.807) is 7.11 Å². The Bertz CT molecular complexity index is 1020. The Morgan fingerprint density at radius 3 is 2.30 bits per heavy atom. The molecule has 1 aliphatic rings. The van der Waals surface area contributed by atoms with Crippen LogP contribution in [0.5, 0.6) is 0 Å². The quantitative estimate of drug-likeness (QED) is 0.168. The third kappa shape index (κ3) is 10.7. The van der Waals surface area contributed by atoms with Crippen LogP contribution in [0.4, 0.5) is 18.0 Å². The van der Waals surface area contributed by atoms with Crippen molar-refractivity contribution in [1.82, 2.24) is 9.80 Å². The molecule has 40 heavy (non-hydrogen) atoms. The van der Waals surface area contributed by atoms with Gasteiger partial charge in [-0.15, -0.1) is 0 Å². The van der Waals surface area contributed by atoms with Crippen molar-refractivity contribution in [3.05, 3.63) is 71.0 Å². The summed E-state index contributed by atoms with van der Waals surface area (Å²) in [7, 11) is 3.83. The SMILES string of the molecule is COCCN(C)CCCCCCOC1CCC(N(Cc2cc(F)c(F)cc2F)C(=O)OCc2ccccc2)CC1. The summed E-state index contributed by atoms with van der Waals surface area (Å²) in [6, 6.07) is 10.4. The van der Waals surface area contributed by atoms with Crippen molar-refractivity contribution in [3.63, 3.8) is 0 Å². The molecule has 1 amide bonds. The average molecular weight is 565 g/mol. The number of likely N-dealkylation sites (N-methyl/N-ethyl adjacent to an activating group) is 1. The molecule has 0 aromatic heterocycles. The number of unbranched alkanes of at least 4 members (excludes halogenated alkanes) is 3. The summed E-state index contributed by atoms with van der Waals surface area (Å²) in [5, 5.41) is 0. The van der Waals surface area contributed by atoms with Crippen molar-refractivity contribution < 1.29 is 32.2 Å². The number of carbonyl (C=O) groups excluding carboxylic acids is 1. The summed E-state index contributed by atoms with van der Waals surface area (Å²) in [5.74, 6) is -3.30. The number of halogens is 3. The molecule has 0 aliphatic heterocycles. The van der Waals surface area contributed by atoms with Gasteiger partial charge in [-0.3, -0.25) is 0 Å². The molecule has 0 atom stereocenters. The maximum atomic E-state index is 14.5. The van der Waals surface area contributed by atoms with Gasteiger partial charge in [0.1, 0.15) is 12.4 Å². The molecule has 1 saturated carbocycles. The van der Waals surface area contributed by atoms with Gasteiger partial charge >= 0.3 is 6.09 Å². The van der Waals surface area contributed by atoms with Crippen LogP contribution in [0, 0.1) is 17.5 Å². The maximum Gasteiger partial charge on any atom is 0.410 e. The fraction of sp³-hybridized carbons (Fsp3) is 0.581. The lowest BCUT2D eigenvalue weighted by molar-refractivity contribution is 0.00178. The molecule has 222 valence electrons. The highest BCUT2D eigenvalue weighted by Crippen LogP contribution is 2.28. The molecule has 0 unspecified atom stereocenters. The molecule has 0 bridgehead atoms. The number of carbonyl (C=O) groups is 1. The number of ether oxygens (including phenoxy) is 3. The van der Waals surface area contributed by atoms with E-state index in [4.69, 9.17) is 14.2 Å². The third-order valence-corrected chi connectivity index (χ3v) is 7.42. The van der Waals surface area contributed by atoms with Crippen LogP contribution in [0.25, 0.3) is 0 Å². The highest BCUT2D eigenvalue weighted by molar-refractivity contribution is 5.68. The van der Waals surface area contributed by atoms with Crippen LogP contribution in [-0.2, 0) is 27.4 Å². The molecule has 1 aliphatic carbocycles. The summed E-state index contributed by atoms with van der Waals surface area (Å²) < 4.78 is 58.6. The molecule has 3 rings (SSSR count). The van der Waals surface area contributed by atoms with Crippen molar-refractivity contribution in [2.75, 3.05) is 40.5 Å². The van der Waals surface area contributed by atoms with Crippen molar-refractivity contribution in [2.24, 2.45) is 0 Å². The lowest BCUT2D eigenvalue weighted by Gasteiger charge is -2.36. The Labute approximate surface area is 236 Å². The molecule has 1 fully saturated rings. The van der Waals surface area contributed by atoms with Crippen LogP contribution in [0.15, 0.2) is 42.5 Å². The first-order chi connectivity index (χ1) is 19.4. The molecule has 0 spiro atoms. The topological polar surface area (TPSA) is 51.2 Å². The van der Waals surface area contributed by atoms with Crippen LogP contribution >= 0.6 is 0 Å². The number of hydrogen-bond donors (Lipinski definition) is 0. The summed E-state index contributed by atoms with van der Waals surface area (Å²) in [4.78, 5) is 16.8. The molecular formula is C31H43F3N2O4. The van der Waals surface area contributed by atoms with Gasteiger partial charge in [0.15, 0.2) is 11.6 Å². The van der Waals surface area contributed by atoms with Crippen LogP contribution < -0.4 is 0 Å². The Hall–Kier alpha value is -2.62. The van der Waals surface area contributed by atoms with Crippen molar-refractivity contribution in [3.8, 4) is 0 Å². The zero-order chi connectivity index (χ0) is 28.7. The molecule has 2 aromatic carbocycles. The number of benzene rings is 2. The second-order valence-electron chi connectivity index (χ2n) is 10.5. The minimum atomic E-state index is -1.26. The lowest BCUT2D eigenvalue weighted by Crippen LogP contribution is -2.43. The Morgan fingerprint density at radius 1 is 0.875 bits per heavy atom. The number of rotatable bonds is 16. The van der Waals surface area contributed by atoms with Crippen LogP contribution in [0.3, 0.4) is 0 Å². The molecule has 0 saturated heterocycles. The average Bonchev–Trinajstić information content (AvgIpc) is 2.96. The van der Waals surface area contributed by atoms with Gasteiger partial charge in [-0.2, -0.15) is 0 Å². The van der Waals surface area contributed by atoms with E-state index < -0.39 is 23.5 Å². The molecule has 6 nitrogen and oxygen atoms in total. The molecule has 9 heteroatoms. The Kier molecular flexibility index (Phi) is 13.8. The van der Waals surface area contributed by atoms with Gasteiger partial charge in [0.2, 0.25) is 0 Å². The first kappa shape index (κ1) is 31.9. The summed E-state index contributed by atoms with van der Waals surface area (Å²) >= 11 is 0. The molecule has 0 radical (unpaired) electrons. The number of amides is 1. The van der Waals surface area contributed by atoms with E-state index in [-0.39, 0.29) is 30.9 Å². The van der Waals surface area contributed by atoms with Gasteiger partial charge in [0.25, 0.3) is 0 Å². The van der Waals surface area contributed by atoms with Crippen LogP contribution in [0.2, 0.25) is 0 Å². The van der Waals surface area contributed by atoms with Crippen LogP contribution in [0.1, 0.15) is 62.5 Å². The molecular weight excluding hydrogens is 521 g/mol. The highest BCUT2D eigenvalue weighted by Gasteiger charge is 2.31.